The molecule has 0 fully saturated rings. The fraction of sp³-hybridized carbons (Fsp3) is 0.0625. The van der Waals surface area contributed by atoms with Crippen LogP contribution in [0.2, 0.25) is 5.02 Å². The summed E-state index contributed by atoms with van der Waals surface area (Å²) in [5, 5.41) is 9.24. The number of hydrogen-bond acceptors (Lipinski definition) is 2. The third-order valence-electron chi connectivity index (χ3n) is 2.76. The van der Waals surface area contributed by atoms with Gasteiger partial charge in [-0.2, -0.15) is 0 Å². The summed E-state index contributed by atoms with van der Waals surface area (Å²) < 4.78 is 6.54. The van der Waals surface area contributed by atoms with Crippen molar-refractivity contribution in [3.8, 4) is 11.5 Å². The SMILES string of the molecule is Cc1ccc(Cl)cc1Oc1ccc(/C=C/C(=O)O)c(Br)c1. The van der Waals surface area contributed by atoms with Crippen LogP contribution in [0.4, 0.5) is 0 Å². The molecule has 0 heterocycles. The van der Waals surface area contributed by atoms with Crippen LogP contribution in [0.3, 0.4) is 0 Å². The Morgan fingerprint density at radius 3 is 2.71 bits per heavy atom. The molecule has 0 saturated heterocycles. The molecule has 2 aromatic carbocycles. The first-order chi connectivity index (χ1) is 9.95. The van der Waals surface area contributed by atoms with Gasteiger partial charge in [-0.3, -0.25) is 0 Å². The van der Waals surface area contributed by atoms with Gasteiger partial charge in [0.2, 0.25) is 0 Å². The summed E-state index contributed by atoms with van der Waals surface area (Å²) in [6.07, 6.45) is 2.60. The van der Waals surface area contributed by atoms with Gasteiger partial charge in [-0.15, -0.1) is 0 Å². The van der Waals surface area contributed by atoms with Gasteiger partial charge < -0.3 is 9.84 Å². The standard InChI is InChI=1S/C16H12BrClO3/c1-10-2-5-12(18)8-15(10)21-13-6-3-11(14(17)9-13)4-7-16(19)20/h2-9H,1H3,(H,19,20)/b7-4+. The molecule has 0 aliphatic carbocycles. The highest BCUT2D eigenvalue weighted by Crippen LogP contribution is 2.31. The van der Waals surface area contributed by atoms with Crippen molar-refractivity contribution in [1.29, 1.82) is 0 Å². The zero-order chi connectivity index (χ0) is 15.4. The second-order valence-electron chi connectivity index (χ2n) is 4.37. The van der Waals surface area contributed by atoms with Crippen LogP contribution in [0.1, 0.15) is 11.1 Å². The molecule has 0 amide bonds. The molecule has 0 atom stereocenters. The number of carbonyl (C=O) groups is 1. The molecule has 3 nitrogen and oxygen atoms in total. The first-order valence-electron chi connectivity index (χ1n) is 6.10. The number of rotatable bonds is 4. The number of aliphatic carboxylic acids is 1. The zero-order valence-corrected chi connectivity index (χ0v) is 13.5. The number of hydrogen-bond donors (Lipinski definition) is 1. The third kappa shape index (κ3) is 4.34. The smallest absolute Gasteiger partial charge is 0.328 e. The van der Waals surface area contributed by atoms with Crippen LogP contribution >= 0.6 is 27.5 Å². The summed E-state index contributed by atoms with van der Waals surface area (Å²) in [6, 6.07) is 10.8. The van der Waals surface area contributed by atoms with Crippen molar-refractivity contribution < 1.29 is 14.6 Å². The molecule has 0 bridgehead atoms. The lowest BCUT2D eigenvalue weighted by molar-refractivity contribution is -0.131. The van der Waals surface area contributed by atoms with Gasteiger partial charge in [0.15, 0.2) is 0 Å². The van der Waals surface area contributed by atoms with Crippen molar-refractivity contribution in [3.63, 3.8) is 0 Å². The monoisotopic (exact) mass is 366 g/mol. The summed E-state index contributed by atoms with van der Waals surface area (Å²) in [5.41, 5.74) is 1.73. The summed E-state index contributed by atoms with van der Waals surface area (Å²) in [5.74, 6) is 0.333. The van der Waals surface area contributed by atoms with E-state index in [2.05, 4.69) is 15.9 Å². The molecule has 108 valence electrons. The van der Waals surface area contributed by atoms with Crippen molar-refractivity contribution in [2.45, 2.75) is 6.92 Å². The van der Waals surface area contributed by atoms with E-state index in [-0.39, 0.29) is 0 Å². The van der Waals surface area contributed by atoms with E-state index >= 15 is 0 Å². The second kappa shape index (κ2) is 6.78. The van der Waals surface area contributed by atoms with Gasteiger partial charge in [0.25, 0.3) is 0 Å². The van der Waals surface area contributed by atoms with Crippen molar-refractivity contribution in [3.05, 3.63) is 63.1 Å². The quantitative estimate of drug-likeness (QED) is 0.746. The Morgan fingerprint density at radius 2 is 2.05 bits per heavy atom. The lowest BCUT2D eigenvalue weighted by atomic mass is 10.2. The molecule has 21 heavy (non-hydrogen) atoms. The molecule has 1 N–H and O–H groups in total. The number of halogens is 2. The third-order valence-corrected chi connectivity index (χ3v) is 3.68. The maximum absolute atomic E-state index is 10.5. The van der Waals surface area contributed by atoms with E-state index in [4.69, 9.17) is 21.4 Å². The lowest BCUT2D eigenvalue weighted by Gasteiger charge is -2.10. The lowest BCUT2D eigenvalue weighted by Crippen LogP contribution is -1.89. The van der Waals surface area contributed by atoms with Crippen molar-refractivity contribution >= 4 is 39.6 Å². The average Bonchev–Trinajstić information content (AvgIpc) is 2.42. The topological polar surface area (TPSA) is 46.5 Å². The van der Waals surface area contributed by atoms with E-state index in [9.17, 15) is 4.79 Å². The number of carboxylic acids is 1. The van der Waals surface area contributed by atoms with E-state index in [1.165, 1.54) is 6.08 Å². The fourth-order valence-electron chi connectivity index (χ4n) is 1.68. The number of aryl methyl sites for hydroxylation is 1. The summed E-state index contributed by atoms with van der Waals surface area (Å²) in [6.45, 7) is 1.94. The molecule has 0 aliphatic rings. The molecule has 0 spiro atoms. The molecule has 0 aliphatic heterocycles. The maximum Gasteiger partial charge on any atom is 0.328 e. The Morgan fingerprint density at radius 1 is 1.29 bits per heavy atom. The van der Waals surface area contributed by atoms with E-state index < -0.39 is 5.97 Å². The van der Waals surface area contributed by atoms with Crippen LogP contribution in [0.25, 0.3) is 6.08 Å². The number of carboxylic acid groups (broad SMARTS) is 1. The highest BCUT2D eigenvalue weighted by atomic mass is 79.9. The Bertz CT molecular complexity index is 711. The molecule has 2 rings (SSSR count). The van der Waals surface area contributed by atoms with Gasteiger partial charge in [0.05, 0.1) is 0 Å². The summed E-state index contributed by atoms with van der Waals surface area (Å²) in [4.78, 5) is 10.5. The maximum atomic E-state index is 10.5. The second-order valence-corrected chi connectivity index (χ2v) is 5.66. The predicted octanol–water partition coefficient (Wildman–Crippen LogP) is 5.30. The first kappa shape index (κ1) is 15.6. The van der Waals surface area contributed by atoms with Crippen LogP contribution < -0.4 is 4.74 Å². The number of ether oxygens (including phenoxy) is 1. The Balaban J connectivity index is 2.24. The van der Waals surface area contributed by atoms with Gasteiger partial charge in [0, 0.05) is 15.6 Å². The largest absolute Gasteiger partial charge is 0.478 e. The normalized spacial score (nSPS) is 10.8. The predicted molar refractivity (Wildman–Crippen MR) is 87.1 cm³/mol. The van der Waals surface area contributed by atoms with Gasteiger partial charge in [0.1, 0.15) is 11.5 Å². The average molecular weight is 368 g/mol. The molecule has 0 unspecified atom stereocenters. The number of benzene rings is 2. The molecule has 2 aromatic rings. The Hall–Kier alpha value is -1.78. The van der Waals surface area contributed by atoms with Crippen molar-refractivity contribution in [2.24, 2.45) is 0 Å². The van der Waals surface area contributed by atoms with Gasteiger partial charge in [-0.25, -0.2) is 4.79 Å². The minimum absolute atomic E-state index is 0.607. The minimum atomic E-state index is -0.989. The van der Waals surface area contributed by atoms with Gasteiger partial charge in [-0.1, -0.05) is 39.7 Å². The van der Waals surface area contributed by atoms with Crippen LogP contribution in [0, 0.1) is 6.92 Å². The van der Waals surface area contributed by atoms with Crippen LogP contribution in [0.5, 0.6) is 11.5 Å². The zero-order valence-electron chi connectivity index (χ0n) is 11.1. The van der Waals surface area contributed by atoms with Crippen molar-refractivity contribution in [2.75, 3.05) is 0 Å². The van der Waals surface area contributed by atoms with E-state index in [0.29, 0.717) is 16.5 Å². The van der Waals surface area contributed by atoms with Gasteiger partial charge in [-0.05, 0) is 48.4 Å². The first-order valence-corrected chi connectivity index (χ1v) is 7.27. The Labute approximate surface area is 135 Å². The molecular weight excluding hydrogens is 356 g/mol. The van der Waals surface area contributed by atoms with E-state index in [1.54, 1.807) is 30.3 Å². The van der Waals surface area contributed by atoms with E-state index in [1.807, 2.05) is 13.0 Å². The summed E-state index contributed by atoms with van der Waals surface area (Å²) in [7, 11) is 0. The molecule has 0 saturated carbocycles. The molecular formula is C16H12BrClO3. The highest BCUT2D eigenvalue weighted by Gasteiger charge is 2.05. The van der Waals surface area contributed by atoms with Crippen LogP contribution in [0.15, 0.2) is 46.9 Å². The van der Waals surface area contributed by atoms with Gasteiger partial charge >= 0.3 is 5.97 Å². The highest BCUT2D eigenvalue weighted by molar-refractivity contribution is 9.10. The molecule has 0 radical (unpaired) electrons. The minimum Gasteiger partial charge on any atom is -0.478 e. The Kier molecular flexibility index (Phi) is 5.04. The van der Waals surface area contributed by atoms with Crippen molar-refractivity contribution in [1.82, 2.24) is 0 Å². The van der Waals surface area contributed by atoms with Crippen LogP contribution in [-0.2, 0) is 4.79 Å². The van der Waals surface area contributed by atoms with Crippen LogP contribution in [-0.4, -0.2) is 11.1 Å². The molecule has 0 aromatic heterocycles. The van der Waals surface area contributed by atoms with E-state index in [0.717, 1.165) is 21.7 Å². The summed E-state index contributed by atoms with van der Waals surface area (Å²) >= 11 is 9.35. The molecule has 5 heteroatoms. The fourth-order valence-corrected chi connectivity index (χ4v) is 2.33.